The zero-order valence-corrected chi connectivity index (χ0v) is 8.76. The molecule has 2 amide bonds. The molecule has 15 heavy (non-hydrogen) atoms. The first kappa shape index (κ1) is 11.5. The number of carbonyl (C=O) groups is 2. The molecular weight excluding hydrogens is 218 g/mol. The highest BCUT2D eigenvalue weighted by Gasteiger charge is 2.13. The second kappa shape index (κ2) is 4.77. The van der Waals surface area contributed by atoms with Crippen LogP contribution in [0.1, 0.15) is 5.56 Å². The second-order valence-corrected chi connectivity index (χ2v) is 3.32. The molecule has 0 atom stereocenters. The Morgan fingerprint density at radius 1 is 1.33 bits per heavy atom. The summed E-state index contributed by atoms with van der Waals surface area (Å²) in [5.74, 6) is 3.02. The van der Waals surface area contributed by atoms with Crippen molar-refractivity contribution in [1.82, 2.24) is 5.43 Å². The summed E-state index contributed by atoms with van der Waals surface area (Å²) >= 11 is 5.81. The molecule has 1 aromatic rings. The average Bonchev–Trinajstić information content (AvgIpc) is 2.22. The van der Waals surface area contributed by atoms with Crippen LogP contribution < -0.4 is 16.6 Å². The molecule has 0 aliphatic heterocycles. The first-order valence-corrected chi connectivity index (χ1v) is 4.50. The molecule has 0 aliphatic rings. The molecule has 1 rings (SSSR count). The number of nitrogens with one attached hydrogen (secondary N) is 2. The number of benzene rings is 1. The molecule has 0 unspecified atom stereocenters. The maximum atomic E-state index is 11.1. The standard InChI is InChI=1S/C9H10ClN3O2/c1-5-2-3-6(10)7(4-5)12-8(14)9(15)13-11/h2-4H,11H2,1H3,(H,12,14)(H,13,15). The number of nitrogens with two attached hydrogens (primary N) is 1. The Hall–Kier alpha value is -1.59. The Bertz CT molecular complexity index is 406. The summed E-state index contributed by atoms with van der Waals surface area (Å²) < 4.78 is 0. The van der Waals surface area contributed by atoms with Crippen molar-refractivity contribution in [3.63, 3.8) is 0 Å². The van der Waals surface area contributed by atoms with E-state index in [0.717, 1.165) is 5.56 Å². The highest BCUT2D eigenvalue weighted by molar-refractivity contribution is 6.41. The van der Waals surface area contributed by atoms with Gasteiger partial charge >= 0.3 is 11.8 Å². The topological polar surface area (TPSA) is 84.2 Å². The Balaban J connectivity index is 2.85. The van der Waals surface area contributed by atoms with Crippen LogP contribution in [0.15, 0.2) is 18.2 Å². The van der Waals surface area contributed by atoms with E-state index in [1.807, 2.05) is 6.92 Å². The lowest BCUT2D eigenvalue weighted by Crippen LogP contribution is -2.39. The van der Waals surface area contributed by atoms with Crippen LogP contribution >= 0.6 is 11.6 Å². The zero-order valence-electron chi connectivity index (χ0n) is 8.00. The van der Waals surface area contributed by atoms with Gasteiger partial charge in [0, 0.05) is 0 Å². The van der Waals surface area contributed by atoms with E-state index in [-0.39, 0.29) is 0 Å². The monoisotopic (exact) mass is 227 g/mol. The Morgan fingerprint density at radius 3 is 2.60 bits per heavy atom. The summed E-state index contributed by atoms with van der Waals surface area (Å²) in [4.78, 5) is 22.0. The van der Waals surface area contributed by atoms with Crippen molar-refractivity contribution in [2.24, 2.45) is 5.84 Å². The molecule has 0 aliphatic carbocycles. The predicted octanol–water partition coefficient (Wildman–Crippen LogP) is 0.577. The fraction of sp³-hybridized carbons (Fsp3) is 0.111. The maximum absolute atomic E-state index is 11.1. The van der Waals surface area contributed by atoms with Gasteiger partial charge in [0.25, 0.3) is 0 Å². The Kier molecular flexibility index (Phi) is 3.65. The average molecular weight is 228 g/mol. The van der Waals surface area contributed by atoms with Crippen molar-refractivity contribution in [2.75, 3.05) is 5.32 Å². The van der Waals surface area contributed by atoms with E-state index in [1.54, 1.807) is 23.6 Å². The van der Waals surface area contributed by atoms with Crippen LogP contribution in [-0.2, 0) is 9.59 Å². The molecule has 0 bridgehead atoms. The van der Waals surface area contributed by atoms with Gasteiger partial charge < -0.3 is 5.32 Å². The van der Waals surface area contributed by atoms with Gasteiger partial charge in [0.15, 0.2) is 0 Å². The van der Waals surface area contributed by atoms with Gasteiger partial charge in [0.2, 0.25) is 0 Å². The van der Waals surface area contributed by atoms with Crippen LogP contribution in [0.4, 0.5) is 5.69 Å². The summed E-state index contributed by atoms with van der Waals surface area (Å²) in [5.41, 5.74) is 3.02. The van der Waals surface area contributed by atoms with Gasteiger partial charge in [-0.1, -0.05) is 17.7 Å². The third-order valence-corrected chi connectivity index (χ3v) is 2.04. The number of halogens is 1. The lowest BCUT2D eigenvalue weighted by atomic mass is 10.2. The fourth-order valence-electron chi connectivity index (χ4n) is 0.980. The quantitative estimate of drug-likeness (QED) is 0.284. The van der Waals surface area contributed by atoms with E-state index in [2.05, 4.69) is 5.32 Å². The summed E-state index contributed by atoms with van der Waals surface area (Å²) in [6.07, 6.45) is 0. The van der Waals surface area contributed by atoms with Gasteiger partial charge in [-0.25, -0.2) is 5.84 Å². The number of anilines is 1. The lowest BCUT2D eigenvalue weighted by Gasteiger charge is -2.06. The molecule has 4 N–H and O–H groups in total. The lowest BCUT2D eigenvalue weighted by molar-refractivity contribution is -0.136. The van der Waals surface area contributed by atoms with Crippen molar-refractivity contribution in [2.45, 2.75) is 6.92 Å². The number of hydrazine groups is 1. The van der Waals surface area contributed by atoms with Gasteiger partial charge in [-0.3, -0.25) is 15.0 Å². The van der Waals surface area contributed by atoms with Crippen LogP contribution in [-0.4, -0.2) is 11.8 Å². The number of aryl methyl sites for hydroxylation is 1. The maximum Gasteiger partial charge on any atom is 0.323 e. The summed E-state index contributed by atoms with van der Waals surface area (Å²) in [6.45, 7) is 1.84. The smallest absolute Gasteiger partial charge is 0.316 e. The summed E-state index contributed by atoms with van der Waals surface area (Å²) in [6, 6.07) is 5.08. The van der Waals surface area contributed by atoms with E-state index < -0.39 is 11.8 Å². The van der Waals surface area contributed by atoms with Crippen molar-refractivity contribution >= 4 is 29.1 Å². The largest absolute Gasteiger partial charge is 0.323 e. The molecule has 0 aromatic heterocycles. The highest BCUT2D eigenvalue weighted by atomic mass is 35.5. The van der Waals surface area contributed by atoms with Gasteiger partial charge in [0.1, 0.15) is 0 Å². The van der Waals surface area contributed by atoms with Crippen LogP contribution in [0, 0.1) is 6.92 Å². The first-order valence-electron chi connectivity index (χ1n) is 4.12. The van der Waals surface area contributed by atoms with Crippen molar-refractivity contribution < 1.29 is 9.59 Å². The normalized spacial score (nSPS) is 9.53. The second-order valence-electron chi connectivity index (χ2n) is 2.91. The minimum atomic E-state index is -0.924. The van der Waals surface area contributed by atoms with Crippen molar-refractivity contribution in [3.8, 4) is 0 Å². The molecule has 0 saturated carbocycles. The van der Waals surface area contributed by atoms with Crippen LogP contribution in [0.3, 0.4) is 0 Å². The SMILES string of the molecule is Cc1ccc(Cl)c(NC(=O)C(=O)NN)c1. The van der Waals surface area contributed by atoms with Gasteiger partial charge in [-0.2, -0.15) is 0 Å². The van der Waals surface area contributed by atoms with Gasteiger partial charge in [-0.15, -0.1) is 0 Å². The molecule has 0 spiro atoms. The van der Waals surface area contributed by atoms with E-state index in [0.29, 0.717) is 10.7 Å². The van der Waals surface area contributed by atoms with Crippen molar-refractivity contribution in [1.29, 1.82) is 0 Å². The number of hydrogen-bond acceptors (Lipinski definition) is 3. The zero-order chi connectivity index (χ0) is 11.4. The summed E-state index contributed by atoms with van der Waals surface area (Å²) in [5, 5.41) is 2.70. The van der Waals surface area contributed by atoms with Crippen LogP contribution in [0.5, 0.6) is 0 Å². The third kappa shape index (κ3) is 2.93. The number of carbonyl (C=O) groups excluding carboxylic acids is 2. The molecule has 80 valence electrons. The predicted molar refractivity (Wildman–Crippen MR) is 57.1 cm³/mol. The van der Waals surface area contributed by atoms with E-state index in [1.165, 1.54) is 0 Å². The van der Waals surface area contributed by atoms with E-state index in [4.69, 9.17) is 17.4 Å². The Labute approximate surface area is 91.6 Å². The van der Waals surface area contributed by atoms with Gasteiger partial charge in [-0.05, 0) is 24.6 Å². The molecule has 5 nitrogen and oxygen atoms in total. The van der Waals surface area contributed by atoms with Crippen LogP contribution in [0.2, 0.25) is 5.02 Å². The van der Waals surface area contributed by atoms with Crippen LogP contribution in [0.25, 0.3) is 0 Å². The van der Waals surface area contributed by atoms with E-state index >= 15 is 0 Å². The molecule has 0 fully saturated rings. The number of rotatable bonds is 1. The first-order chi connectivity index (χ1) is 7.04. The number of amides is 2. The molecule has 6 heteroatoms. The fourth-order valence-corrected chi connectivity index (χ4v) is 1.14. The van der Waals surface area contributed by atoms with E-state index in [9.17, 15) is 9.59 Å². The summed E-state index contributed by atoms with van der Waals surface area (Å²) in [7, 11) is 0. The molecule has 0 heterocycles. The Morgan fingerprint density at radius 2 is 2.00 bits per heavy atom. The number of hydrogen-bond donors (Lipinski definition) is 3. The molecule has 0 radical (unpaired) electrons. The third-order valence-electron chi connectivity index (χ3n) is 1.71. The minimum absolute atomic E-state index is 0.360. The minimum Gasteiger partial charge on any atom is -0.316 e. The van der Waals surface area contributed by atoms with Crippen molar-refractivity contribution in [3.05, 3.63) is 28.8 Å². The molecular formula is C9H10ClN3O2. The molecule has 0 saturated heterocycles. The highest BCUT2D eigenvalue weighted by Crippen LogP contribution is 2.22. The van der Waals surface area contributed by atoms with Gasteiger partial charge in [0.05, 0.1) is 10.7 Å². The molecule has 1 aromatic carbocycles.